The first kappa shape index (κ1) is 23.6. The van der Waals surface area contributed by atoms with E-state index >= 15 is 0 Å². The molecule has 1 heterocycles. The topological polar surface area (TPSA) is 99.9 Å². The number of hydrogen-bond donors (Lipinski definition) is 2. The molecule has 32 heavy (non-hydrogen) atoms. The molecule has 2 unspecified atom stereocenters. The van der Waals surface area contributed by atoms with Crippen LogP contribution in [0.25, 0.3) is 0 Å². The van der Waals surface area contributed by atoms with E-state index in [9.17, 15) is 18.0 Å². The molecule has 2 aromatic rings. The molecule has 3 rings (SSSR count). The molecular weight excluding hydrogens is 423 g/mol. The molecule has 0 spiro atoms. The zero-order chi connectivity index (χ0) is 23.9. The molecule has 0 radical (unpaired) electrons. The summed E-state index contributed by atoms with van der Waals surface area (Å²) in [5, 5.41) is 0. The Morgan fingerprint density at radius 2 is 1.81 bits per heavy atom. The van der Waals surface area contributed by atoms with Crippen molar-refractivity contribution in [2.75, 3.05) is 0 Å². The van der Waals surface area contributed by atoms with E-state index in [4.69, 9.17) is 20.9 Å². The van der Waals surface area contributed by atoms with Crippen LogP contribution in [-0.4, -0.2) is 23.5 Å². The summed E-state index contributed by atoms with van der Waals surface area (Å²) < 4.78 is 50.8. The van der Waals surface area contributed by atoms with E-state index in [2.05, 4.69) is 4.99 Å². The van der Waals surface area contributed by atoms with Crippen molar-refractivity contribution in [3.63, 3.8) is 0 Å². The Morgan fingerprint density at radius 1 is 1.12 bits per heavy atom. The Hall–Kier alpha value is -3.07. The van der Waals surface area contributed by atoms with E-state index in [0.717, 1.165) is 12.1 Å². The number of fused-ring (bicyclic) bond motifs is 1. The Kier molecular flexibility index (Phi) is 5.99. The van der Waals surface area contributed by atoms with Crippen LogP contribution in [0.15, 0.2) is 47.5 Å². The molecule has 172 valence electrons. The van der Waals surface area contributed by atoms with Crippen LogP contribution < -0.4 is 16.2 Å². The zero-order valence-electron chi connectivity index (χ0n) is 18.3. The first-order valence-electron chi connectivity index (χ1n) is 10.0. The van der Waals surface area contributed by atoms with E-state index in [-0.39, 0.29) is 17.8 Å². The number of alkyl halides is 3. The quantitative estimate of drug-likeness (QED) is 0.681. The predicted octanol–water partition coefficient (Wildman–Crippen LogP) is 4.21. The number of aliphatic imine (C=N–C) groups is 1. The van der Waals surface area contributed by atoms with E-state index < -0.39 is 35.0 Å². The molecule has 0 aliphatic carbocycles. The monoisotopic (exact) mass is 449 g/mol. The Morgan fingerprint density at radius 3 is 2.44 bits per heavy atom. The smallest absolute Gasteiger partial charge is 0.416 e. The molecule has 2 atom stereocenters. The van der Waals surface area contributed by atoms with Gasteiger partial charge in [0.25, 0.3) is 0 Å². The van der Waals surface area contributed by atoms with Gasteiger partial charge in [-0.2, -0.15) is 13.2 Å². The van der Waals surface area contributed by atoms with Gasteiger partial charge in [0, 0.05) is 6.42 Å². The largest absolute Gasteiger partial charge is 0.481 e. The van der Waals surface area contributed by atoms with E-state index in [1.807, 2.05) is 0 Å². The van der Waals surface area contributed by atoms with Gasteiger partial charge in [-0.15, -0.1) is 0 Å². The first-order valence-corrected chi connectivity index (χ1v) is 10.0. The minimum atomic E-state index is -4.52. The fraction of sp³-hybridized carbons (Fsp3) is 0.391. The van der Waals surface area contributed by atoms with Gasteiger partial charge >= 0.3 is 12.1 Å². The second kappa shape index (κ2) is 8.12. The van der Waals surface area contributed by atoms with Crippen molar-refractivity contribution < 1.29 is 27.4 Å². The van der Waals surface area contributed by atoms with Crippen molar-refractivity contribution in [3.8, 4) is 5.75 Å². The van der Waals surface area contributed by atoms with Gasteiger partial charge in [0.2, 0.25) is 0 Å². The van der Waals surface area contributed by atoms with Gasteiger partial charge in [-0.05, 0) is 57.0 Å². The van der Waals surface area contributed by atoms with Crippen molar-refractivity contribution in [1.29, 1.82) is 0 Å². The van der Waals surface area contributed by atoms with Gasteiger partial charge in [-0.25, -0.2) is 9.79 Å². The summed E-state index contributed by atoms with van der Waals surface area (Å²) in [5.41, 5.74) is 9.92. The van der Waals surface area contributed by atoms with Crippen molar-refractivity contribution >= 4 is 17.5 Å². The normalized spacial score (nSPS) is 18.1. The lowest BCUT2D eigenvalue weighted by atomic mass is 9.83. The summed E-state index contributed by atoms with van der Waals surface area (Å²) >= 11 is 0. The molecule has 1 aliphatic heterocycles. The standard InChI is InChI=1S/C23H26F3N3O3/c1-13-19(27)29-17-11-15(8-9-18(17)31-13)22(28,20(30)32-21(2,3)4)12-14-6-5-7-16(10-14)23(24,25)26/h5-11,13H,12,28H2,1-4H3,(H2,27,29). The summed E-state index contributed by atoms with van der Waals surface area (Å²) in [6.07, 6.45) is -5.15. The highest BCUT2D eigenvalue weighted by Gasteiger charge is 2.41. The van der Waals surface area contributed by atoms with Crippen LogP contribution in [0.1, 0.15) is 44.4 Å². The first-order chi connectivity index (χ1) is 14.7. The van der Waals surface area contributed by atoms with Crippen LogP contribution in [-0.2, 0) is 27.7 Å². The molecule has 6 nitrogen and oxygen atoms in total. The molecular formula is C23H26F3N3O3. The lowest BCUT2D eigenvalue weighted by Crippen LogP contribution is -2.50. The van der Waals surface area contributed by atoms with Gasteiger partial charge in [0.15, 0.2) is 6.10 Å². The molecule has 0 saturated carbocycles. The number of hydrogen-bond acceptors (Lipinski definition) is 6. The lowest BCUT2D eigenvalue weighted by molar-refractivity contribution is -0.162. The Labute approximate surface area is 184 Å². The highest BCUT2D eigenvalue weighted by molar-refractivity contribution is 5.90. The number of carbonyl (C=O) groups is 1. The summed E-state index contributed by atoms with van der Waals surface area (Å²) in [6.45, 7) is 6.80. The predicted molar refractivity (Wildman–Crippen MR) is 115 cm³/mol. The number of esters is 1. The third-order valence-corrected chi connectivity index (χ3v) is 4.94. The molecule has 9 heteroatoms. The maximum atomic E-state index is 13.2. The number of carbonyl (C=O) groups excluding carboxylic acids is 1. The van der Waals surface area contributed by atoms with E-state index in [1.165, 1.54) is 12.1 Å². The van der Waals surface area contributed by atoms with Gasteiger partial charge in [0.05, 0.1) is 5.56 Å². The number of halogens is 3. The Bertz CT molecular complexity index is 1060. The van der Waals surface area contributed by atoms with Gasteiger partial charge in [-0.1, -0.05) is 24.3 Å². The lowest BCUT2D eigenvalue weighted by Gasteiger charge is -2.32. The van der Waals surface area contributed by atoms with Crippen molar-refractivity contribution in [1.82, 2.24) is 0 Å². The second-order valence-electron chi connectivity index (χ2n) is 8.83. The van der Waals surface area contributed by atoms with Crippen molar-refractivity contribution in [3.05, 3.63) is 59.2 Å². The molecule has 2 aromatic carbocycles. The molecule has 0 amide bonds. The third-order valence-electron chi connectivity index (χ3n) is 4.94. The summed E-state index contributed by atoms with van der Waals surface area (Å²) in [7, 11) is 0. The molecule has 1 aliphatic rings. The average Bonchev–Trinajstić information content (AvgIpc) is 2.66. The minimum absolute atomic E-state index is 0.221. The molecule has 4 N–H and O–H groups in total. The average molecular weight is 449 g/mol. The molecule has 0 aromatic heterocycles. The molecule has 0 fully saturated rings. The summed E-state index contributed by atoms with van der Waals surface area (Å²) in [6, 6.07) is 9.44. The number of nitrogens with zero attached hydrogens (tertiary/aromatic N) is 1. The highest BCUT2D eigenvalue weighted by atomic mass is 19.4. The van der Waals surface area contributed by atoms with Crippen LogP contribution in [0.5, 0.6) is 5.75 Å². The van der Waals surface area contributed by atoms with Gasteiger partial charge < -0.3 is 20.9 Å². The SMILES string of the molecule is CC1Oc2ccc(C(N)(Cc3cccc(C(F)(F)F)c3)C(=O)OC(C)(C)C)cc2N=C1N. The van der Waals surface area contributed by atoms with E-state index in [1.54, 1.807) is 45.9 Å². The zero-order valence-corrected chi connectivity index (χ0v) is 18.3. The minimum Gasteiger partial charge on any atom is -0.481 e. The second-order valence-corrected chi connectivity index (χ2v) is 8.83. The van der Waals surface area contributed by atoms with E-state index in [0.29, 0.717) is 17.0 Å². The molecule has 0 saturated heterocycles. The summed E-state index contributed by atoms with van der Waals surface area (Å²) in [5.74, 6) is -0.0575. The fourth-order valence-electron chi connectivity index (χ4n) is 3.30. The van der Waals surface area contributed by atoms with Crippen LogP contribution >= 0.6 is 0 Å². The van der Waals surface area contributed by atoms with Crippen LogP contribution in [0.4, 0.5) is 18.9 Å². The fourth-order valence-corrected chi connectivity index (χ4v) is 3.30. The van der Waals surface area contributed by atoms with Crippen molar-refractivity contribution in [2.24, 2.45) is 16.5 Å². The summed E-state index contributed by atoms with van der Waals surface area (Å²) in [4.78, 5) is 17.5. The molecule has 0 bridgehead atoms. The van der Waals surface area contributed by atoms with Crippen LogP contribution in [0.3, 0.4) is 0 Å². The highest BCUT2D eigenvalue weighted by Crippen LogP contribution is 2.38. The van der Waals surface area contributed by atoms with Crippen LogP contribution in [0.2, 0.25) is 0 Å². The maximum absolute atomic E-state index is 13.2. The van der Waals surface area contributed by atoms with Crippen molar-refractivity contribution in [2.45, 2.75) is 57.5 Å². The van der Waals surface area contributed by atoms with Gasteiger partial charge in [-0.3, -0.25) is 0 Å². The number of amidine groups is 1. The Balaban J connectivity index is 2.07. The number of nitrogens with two attached hydrogens (primary N) is 2. The number of rotatable bonds is 4. The number of benzene rings is 2. The van der Waals surface area contributed by atoms with Crippen LogP contribution in [0, 0.1) is 0 Å². The maximum Gasteiger partial charge on any atom is 0.416 e. The van der Waals surface area contributed by atoms with Gasteiger partial charge in [0.1, 0.15) is 28.4 Å². The number of ether oxygens (including phenoxy) is 2. The third kappa shape index (κ3) is 5.04.